The van der Waals surface area contributed by atoms with Crippen LogP contribution in [0.25, 0.3) is 0 Å². The summed E-state index contributed by atoms with van der Waals surface area (Å²) < 4.78 is 5.45. The van der Waals surface area contributed by atoms with Crippen molar-refractivity contribution in [2.45, 2.75) is 38.1 Å². The van der Waals surface area contributed by atoms with Crippen molar-refractivity contribution in [3.63, 3.8) is 0 Å². The first-order chi connectivity index (χ1) is 7.75. The van der Waals surface area contributed by atoms with Gasteiger partial charge in [0.05, 0.1) is 0 Å². The number of hydrogen-bond donors (Lipinski definition) is 1. The first-order valence-corrected chi connectivity index (χ1v) is 6.29. The van der Waals surface area contributed by atoms with E-state index in [2.05, 4.69) is 4.90 Å². The normalized spacial score (nSPS) is 32.5. The van der Waals surface area contributed by atoms with Crippen molar-refractivity contribution in [3.05, 3.63) is 0 Å². The van der Waals surface area contributed by atoms with Crippen LogP contribution in [0.4, 0.5) is 0 Å². The second-order valence-electron chi connectivity index (χ2n) is 4.94. The predicted molar refractivity (Wildman–Crippen MR) is 60.4 cm³/mol. The standard InChI is InChI=1S/C12H21NO3/c14-12(15)8-10-3-5-13(9-10)11-2-1-6-16-7-4-11/h10-11H,1-9H2,(H,14,15). The second-order valence-corrected chi connectivity index (χ2v) is 4.94. The van der Waals surface area contributed by atoms with Gasteiger partial charge in [-0.25, -0.2) is 0 Å². The number of ether oxygens (including phenoxy) is 1. The summed E-state index contributed by atoms with van der Waals surface area (Å²) in [5.74, 6) is -0.294. The lowest BCUT2D eigenvalue weighted by Gasteiger charge is -2.26. The van der Waals surface area contributed by atoms with Gasteiger partial charge < -0.3 is 9.84 Å². The third-order valence-corrected chi connectivity index (χ3v) is 3.72. The van der Waals surface area contributed by atoms with Gasteiger partial charge in [0.2, 0.25) is 0 Å². The van der Waals surface area contributed by atoms with Crippen LogP contribution in [-0.4, -0.2) is 48.3 Å². The van der Waals surface area contributed by atoms with E-state index in [1.807, 2.05) is 0 Å². The molecule has 0 saturated carbocycles. The van der Waals surface area contributed by atoms with Gasteiger partial charge in [0, 0.05) is 32.2 Å². The van der Waals surface area contributed by atoms with Gasteiger partial charge in [-0.15, -0.1) is 0 Å². The molecule has 4 nitrogen and oxygen atoms in total. The average molecular weight is 227 g/mol. The minimum absolute atomic E-state index is 0.333. The maximum Gasteiger partial charge on any atom is 0.303 e. The number of hydrogen-bond acceptors (Lipinski definition) is 3. The van der Waals surface area contributed by atoms with Crippen LogP contribution in [-0.2, 0) is 9.53 Å². The number of rotatable bonds is 3. The summed E-state index contributed by atoms with van der Waals surface area (Å²) in [7, 11) is 0. The molecule has 4 heteroatoms. The summed E-state index contributed by atoms with van der Waals surface area (Å²) in [6.07, 6.45) is 4.84. The van der Waals surface area contributed by atoms with Crippen LogP contribution in [0.2, 0.25) is 0 Å². The second kappa shape index (κ2) is 5.64. The smallest absolute Gasteiger partial charge is 0.303 e. The van der Waals surface area contributed by atoms with Crippen LogP contribution in [0, 0.1) is 5.92 Å². The molecule has 2 atom stereocenters. The number of nitrogens with zero attached hydrogens (tertiary/aromatic N) is 1. The zero-order valence-corrected chi connectivity index (χ0v) is 9.73. The molecule has 2 rings (SSSR count). The molecule has 2 saturated heterocycles. The molecule has 2 aliphatic rings. The number of carboxylic acid groups (broad SMARTS) is 1. The Morgan fingerprint density at radius 2 is 2.19 bits per heavy atom. The summed E-state index contributed by atoms with van der Waals surface area (Å²) in [4.78, 5) is 13.1. The molecule has 2 fully saturated rings. The molecule has 2 heterocycles. The van der Waals surface area contributed by atoms with Gasteiger partial charge in [-0.3, -0.25) is 9.69 Å². The molecule has 0 aromatic rings. The first-order valence-electron chi connectivity index (χ1n) is 6.29. The Bertz CT molecular complexity index is 236. The molecule has 0 bridgehead atoms. The highest BCUT2D eigenvalue weighted by molar-refractivity contribution is 5.67. The Morgan fingerprint density at radius 3 is 3.00 bits per heavy atom. The van der Waals surface area contributed by atoms with E-state index in [-0.39, 0.29) is 0 Å². The Hall–Kier alpha value is -0.610. The quantitative estimate of drug-likeness (QED) is 0.790. The zero-order valence-electron chi connectivity index (χ0n) is 9.73. The van der Waals surface area contributed by atoms with Gasteiger partial charge in [0.1, 0.15) is 0 Å². The fourth-order valence-electron chi connectivity index (χ4n) is 2.86. The highest BCUT2D eigenvalue weighted by atomic mass is 16.5. The molecule has 0 aliphatic carbocycles. The summed E-state index contributed by atoms with van der Waals surface area (Å²) >= 11 is 0. The van der Waals surface area contributed by atoms with Gasteiger partial charge in [-0.05, 0) is 38.1 Å². The van der Waals surface area contributed by atoms with E-state index in [1.165, 1.54) is 6.42 Å². The SMILES string of the molecule is O=C(O)CC1CCN(C2CCCOCC2)C1. The van der Waals surface area contributed by atoms with E-state index in [1.54, 1.807) is 0 Å². The van der Waals surface area contributed by atoms with Gasteiger partial charge >= 0.3 is 5.97 Å². The van der Waals surface area contributed by atoms with Gasteiger partial charge in [0.25, 0.3) is 0 Å². The van der Waals surface area contributed by atoms with Gasteiger partial charge in [-0.1, -0.05) is 0 Å². The van der Waals surface area contributed by atoms with Crippen molar-refractivity contribution in [2.75, 3.05) is 26.3 Å². The molecule has 2 unspecified atom stereocenters. The molecule has 0 spiro atoms. The fourth-order valence-corrected chi connectivity index (χ4v) is 2.86. The minimum Gasteiger partial charge on any atom is -0.481 e. The molecule has 2 aliphatic heterocycles. The molecule has 0 amide bonds. The summed E-state index contributed by atoms with van der Waals surface area (Å²) in [5, 5.41) is 8.78. The first kappa shape index (κ1) is 11.9. The van der Waals surface area contributed by atoms with Crippen LogP contribution in [0.3, 0.4) is 0 Å². The average Bonchev–Trinajstić information content (AvgIpc) is 2.53. The maximum atomic E-state index is 10.7. The van der Waals surface area contributed by atoms with Crippen molar-refractivity contribution >= 4 is 5.97 Å². The van der Waals surface area contributed by atoms with Crippen LogP contribution in [0.5, 0.6) is 0 Å². The summed E-state index contributed by atoms with van der Waals surface area (Å²) in [6, 6.07) is 0.626. The molecule has 0 radical (unpaired) electrons. The van der Waals surface area contributed by atoms with E-state index < -0.39 is 5.97 Å². The molecule has 0 aromatic heterocycles. The van der Waals surface area contributed by atoms with Crippen LogP contribution in [0.15, 0.2) is 0 Å². The largest absolute Gasteiger partial charge is 0.481 e. The van der Waals surface area contributed by atoms with E-state index in [9.17, 15) is 4.79 Å². The number of carboxylic acids is 1. The lowest BCUT2D eigenvalue weighted by Crippen LogP contribution is -2.33. The minimum atomic E-state index is -0.656. The Kier molecular flexibility index (Phi) is 4.18. The van der Waals surface area contributed by atoms with Crippen LogP contribution >= 0.6 is 0 Å². The highest BCUT2D eigenvalue weighted by Crippen LogP contribution is 2.25. The molecule has 1 N–H and O–H groups in total. The van der Waals surface area contributed by atoms with Crippen molar-refractivity contribution in [1.82, 2.24) is 4.90 Å². The van der Waals surface area contributed by atoms with Crippen molar-refractivity contribution in [1.29, 1.82) is 0 Å². The van der Waals surface area contributed by atoms with Gasteiger partial charge in [-0.2, -0.15) is 0 Å². The zero-order chi connectivity index (χ0) is 11.4. The van der Waals surface area contributed by atoms with Crippen LogP contribution in [0.1, 0.15) is 32.1 Å². The maximum absolute atomic E-state index is 10.7. The monoisotopic (exact) mass is 227 g/mol. The van der Waals surface area contributed by atoms with E-state index in [4.69, 9.17) is 9.84 Å². The Balaban J connectivity index is 1.80. The van der Waals surface area contributed by atoms with Crippen molar-refractivity contribution in [3.8, 4) is 0 Å². The van der Waals surface area contributed by atoms with Crippen molar-refractivity contribution < 1.29 is 14.6 Å². The Morgan fingerprint density at radius 1 is 1.31 bits per heavy atom. The van der Waals surface area contributed by atoms with E-state index >= 15 is 0 Å². The lowest BCUT2D eigenvalue weighted by molar-refractivity contribution is -0.138. The fraction of sp³-hybridized carbons (Fsp3) is 0.917. The lowest BCUT2D eigenvalue weighted by atomic mass is 10.1. The molecule has 0 aromatic carbocycles. The summed E-state index contributed by atoms with van der Waals surface area (Å²) in [5.41, 5.74) is 0. The third-order valence-electron chi connectivity index (χ3n) is 3.72. The van der Waals surface area contributed by atoms with Gasteiger partial charge in [0.15, 0.2) is 0 Å². The predicted octanol–water partition coefficient (Wildman–Crippen LogP) is 1.35. The molecule has 16 heavy (non-hydrogen) atoms. The number of carbonyl (C=O) groups is 1. The Labute approximate surface area is 96.6 Å². The molecule has 92 valence electrons. The number of likely N-dealkylation sites (tertiary alicyclic amines) is 1. The number of aliphatic carboxylic acids is 1. The third kappa shape index (κ3) is 3.19. The topological polar surface area (TPSA) is 49.8 Å². The van der Waals surface area contributed by atoms with E-state index in [0.717, 1.165) is 45.6 Å². The van der Waals surface area contributed by atoms with Crippen LogP contribution < -0.4 is 0 Å². The van der Waals surface area contributed by atoms with E-state index in [0.29, 0.717) is 18.4 Å². The van der Waals surface area contributed by atoms with Crippen molar-refractivity contribution in [2.24, 2.45) is 5.92 Å². The highest BCUT2D eigenvalue weighted by Gasteiger charge is 2.29. The molecular formula is C12H21NO3. The summed E-state index contributed by atoms with van der Waals surface area (Å²) in [6.45, 7) is 3.80. The molecular weight excluding hydrogens is 206 g/mol.